The third kappa shape index (κ3) is 6.64. The molecule has 1 heterocycles. The Kier molecular flexibility index (Phi) is 6.52. The van der Waals surface area contributed by atoms with Crippen LogP contribution in [0.15, 0.2) is 0 Å². The largest absolute Gasteiger partial charge is 0.355 e. The normalized spacial score (nSPS) is 18.6. The lowest BCUT2D eigenvalue weighted by atomic mass is 10.2. The average molecular weight is 241 g/mol. The molecule has 100 valence electrons. The van der Waals surface area contributed by atoms with E-state index >= 15 is 0 Å². The molecule has 17 heavy (non-hydrogen) atoms. The Labute approximate surface area is 105 Å². The first-order chi connectivity index (χ1) is 8.08. The van der Waals surface area contributed by atoms with Gasteiger partial charge < -0.3 is 15.5 Å². The van der Waals surface area contributed by atoms with E-state index in [1.807, 2.05) is 0 Å². The molecular weight excluding hydrogens is 214 g/mol. The van der Waals surface area contributed by atoms with Gasteiger partial charge in [-0.3, -0.25) is 4.79 Å². The van der Waals surface area contributed by atoms with Gasteiger partial charge in [-0.2, -0.15) is 0 Å². The van der Waals surface area contributed by atoms with Gasteiger partial charge in [-0.1, -0.05) is 13.8 Å². The van der Waals surface area contributed by atoms with Gasteiger partial charge in [-0.25, -0.2) is 0 Å². The molecule has 1 aliphatic heterocycles. The van der Waals surface area contributed by atoms with Crippen molar-refractivity contribution in [3.63, 3.8) is 0 Å². The third-order valence-corrected chi connectivity index (χ3v) is 3.05. The van der Waals surface area contributed by atoms with E-state index in [-0.39, 0.29) is 5.91 Å². The molecule has 1 fully saturated rings. The van der Waals surface area contributed by atoms with Crippen LogP contribution in [0.3, 0.4) is 0 Å². The van der Waals surface area contributed by atoms with Gasteiger partial charge in [0, 0.05) is 19.1 Å². The van der Waals surface area contributed by atoms with E-state index in [0.717, 1.165) is 13.1 Å². The van der Waals surface area contributed by atoms with Gasteiger partial charge in [0.15, 0.2) is 0 Å². The molecular formula is C13H27N3O. The maximum absolute atomic E-state index is 11.5. The molecule has 4 heteroatoms. The fourth-order valence-electron chi connectivity index (χ4n) is 2.06. The molecule has 0 radical (unpaired) electrons. The summed E-state index contributed by atoms with van der Waals surface area (Å²) >= 11 is 0. The summed E-state index contributed by atoms with van der Waals surface area (Å²) in [6, 6.07) is 0.387. The van der Waals surface area contributed by atoms with Crippen LogP contribution in [0, 0.1) is 5.92 Å². The molecule has 0 bridgehead atoms. The van der Waals surface area contributed by atoms with Crippen molar-refractivity contribution in [3.05, 3.63) is 0 Å². The summed E-state index contributed by atoms with van der Waals surface area (Å²) in [7, 11) is 0. The lowest BCUT2D eigenvalue weighted by Gasteiger charge is -2.21. The van der Waals surface area contributed by atoms with Gasteiger partial charge in [0.1, 0.15) is 0 Å². The first-order valence-corrected chi connectivity index (χ1v) is 6.80. The third-order valence-electron chi connectivity index (χ3n) is 3.05. The predicted octanol–water partition coefficient (Wildman–Crippen LogP) is 0.833. The van der Waals surface area contributed by atoms with Gasteiger partial charge >= 0.3 is 0 Å². The maximum atomic E-state index is 11.5. The van der Waals surface area contributed by atoms with Gasteiger partial charge in [0.25, 0.3) is 0 Å². The molecule has 1 saturated heterocycles. The summed E-state index contributed by atoms with van der Waals surface area (Å²) in [6.07, 6.45) is 2.64. The SMILES string of the molecule is CC(C)CNC(=O)CNC(C)CN1CCCC1. The second-order valence-corrected chi connectivity index (χ2v) is 5.49. The summed E-state index contributed by atoms with van der Waals surface area (Å²) in [5, 5.41) is 6.20. The Morgan fingerprint density at radius 2 is 1.88 bits per heavy atom. The van der Waals surface area contributed by atoms with Crippen LogP contribution in [0.4, 0.5) is 0 Å². The second-order valence-electron chi connectivity index (χ2n) is 5.49. The zero-order valence-electron chi connectivity index (χ0n) is 11.5. The molecule has 4 nitrogen and oxygen atoms in total. The minimum Gasteiger partial charge on any atom is -0.355 e. The van der Waals surface area contributed by atoms with E-state index < -0.39 is 0 Å². The molecule has 1 atom stereocenters. The molecule has 0 aliphatic carbocycles. The fourth-order valence-corrected chi connectivity index (χ4v) is 2.06. The molecule has 0 saturated carbocycles. The lowest BCUT2D eigenvalue weighted by Crippen LogP contribution is -2.43. The van der Waals surface area contributed by atoms with E-state index in [2.05, 4.69) is 36.3 Å². The van der Waals surface area contributed by atoms with Crippen LogP contribution < -0.4 is 10.6 Å². The van der Waals surface area contributed by atoms with E-state index in [1.165, 1.54) is 25.9 Å². The monoisotopic (exact) mass is 241 g/mol. The van der Waals surface area contributed by atoms with Crippen molar-refractivity contribution in [3.8, 4) is 0 Å². The van der Waals surface area contributed by atoms with Crippen molar-refractivity contribution >= 4 is 5.91 Å². The molecule has 1 unspecified atom stereocenters. The highest BCUT2D eigenvalue weighted by atomic mass is 16.1. The second kappa shape index (κ2) is 7.67. The maximum Gasteiger partial charge on any atom is 0.233 e. The highest BCUT2D eigenvalue weighted by Gasteiger charge is 2.14. The Hall–Kier alpha value is -0.610. The van der Waals surface area contributed by atoms with Crippen molar-refractivity contribution < 1.29 is 4.79 Å². The predicted molar refractivity (Wildman–Crippen MR) is 71.0 cm³/mol. The van der Waals surface area contributed by atoms with Crippen molar-refractivity contribution in [1.82, 2.24) is 15.5 Å². The topological polar surface area (TPSA) is 44.4 Å². The van der Waals surface area contributed by atoms with Crippen molar-refractivity contribution in [1.29, 1.82) is 0 Å². The number of rotatable bonds is 7. The van der Waals surface area contributed by atoms with Crippen LogP contribution in [0.2, 0.25) is 0 Å². The van der Waals surface area contributed by atoms with Crippen LogP contribution in [0.5, 0.6) is 0 Å². The highest BCUT2D eigenvalue weighted by molar-refractivity contribution is 5.77. The molecule has 0 aromatic carbocycles. The van der Waals surface area contributed by atoms with Crippen molar-refractivity contribution in [2.24, 2.45) is 5.92 Å². The Morgan fingerprint density at radius 1 is 1.24 bits per heavy atom. The van der Waals surface area contributed by atoms with Gasteiger partial charge in [-0.05, 0) is 38.8 Å². The number of hydrogen-bond acceptors (Lipinski definition) is 3. The summed E-state index contributed by atoms with van der Waals surface area (Å²) < 4.78 is 0. The van der Waals surface area contributed by atoms with E-state index in [0.29, 0.717) is 18.5 Å². The van der Waals surface area contributed by atoms with E-state index in [9.17, 15) is 4.79 Å². The number of nitrogens with zero attached hydrogens (tertiary/aromatic N) is 1. The zero-order valence-corrected chi connectivity index (χ0v) is 11.5. The molecule has 2 N–H and O–H groups in total. The van der Waals surface area contributed by atoms with Crippen LogP contribution in [-0.2, 0) is 4.79 Å². The van der Waals surface area contributed by atoms with Gasteiger partial charge in [-0.15, -0.1) is 0 Å². The molecule has 1 aliphatic rings. The van der Waals surface area contributed by atoms with Crippen LogP contribution in [-0.4, -0.2) is 49.6 Å². The molecule has 1 amide bonds. The Morgan fingerprint density at radius 3 is 2.47 bits per heavy atom. The Bertz CT molecular complexity index is 225. The first kappa shape index (κ1) is 14.5. The van der Waals surface area contributed by atoms with E-state index in [4.69, 9.17) is 0 Å². The minimum absolute atomic E-state index is 0.104. The van der Waals surface area contributed by atoms with Gasteiger partial charge in [0.05, 0.1) is 6.54 Å². The lowest BCUT2D eigenvalue weighted by molar-refractivity contribution is -0.120. The summed E-state index contributed by atoms with van der Waals surface area (Å²) in [6.45, 7) is 11.0. The molecule has 1 rings (SSSR count). The molecule has 0 spiro atoms. The number of carbonyl (C=O) groups is 1. The van der Waals surface area contributed by atoms with E-state index in [1.54, 1.807) is 0 Å². The van der Waals surface area contributed by atoms with Crippen molar-refractivity contribution in [2.45, 2.75) is 39.7 Å². The highest BCUT2D eigenvalue weighted by Crippen LogP contribution is 2.07. The number of amides is 1. The quantitative estimate of drug-likeness (QED) is 0.694. The first-order valence-electron chi connectivity index (χ1n) is 6.80. The molecule has 0 aromatic rings. The average Bonchev–Trinajstić information content (AvgIpc) is 2.76. The van der Waals surface area contributed by atoms with Crippen LogP contribution in [0.25, 0.3) is 0 Å². The fraction of sp³-hybridized carbons (Fsp3) is 0.923. The van der Waals surface area contributed by atoms with Crippen molar-refractivity contribution in [2.75, 3.05) is 32.7 Å². The number of carbonyl (C=O) groups excluding carboxylic acids is 1. The number of hydrogen-bond donors (Lipinski definition) is 2. The smallest absolute Gasteiger partial charge is 0.233 e. The zero-order chi connectivity index (χ0) is 12.7. The van der Waals surface area contributed by atoms with Crippen LogP contribution in [0.1, 0.15) is 33.6 Å². The number of likely N-dealkylation sites (tertiary alicyclic amines) is 1. The minimum atomic E-state index is 0.104. The summed E-state index contributed by atoms with van der Waals surface area (Å²) in [5.41, 5.74) is 0. The number of nitrogens with one attached hydrogen (secondary N) is 2. The van der Waals surface area contributed by atoms with Crippen LogP contribution >= 0.6 is 0 Å². The van der Waals surface area contributed by atoms with Gasteiger partial charge in [0.2, 0.25) is 5.91 Å². The standard InChI is InChI=1S/C13H27N3O/c1-11(2)8-15-13(17)9-14-12(3)10-16-6-4-5-7-16/h11-12,14H,4-10H2,1-3H3,(H,15,17). The molecule has 0 aromatic heterocycles. The Balaban J connectivity index is 2.05. The summed E-state index contributed by atoms with van der Waals surface area (Å²) in [5.74, 6) is 0.618. The summed E-state index contributed by atoms with van der Waals surface area (Å²) in [4.78, 5) is 14.0.